The molecule has 2 aromatic carbocycles. The Balaban J connectivity index is 1.71. The molecule has 0 radical (unpaired) electrons. The Labute approximate surface area is 125 Å². The van der Waals surface area contributed by atoms with Crippen LogP contribution < -0.4 is 10.1 Å². The predicted molar refractivity (Wildman–Crippen MR) is 86.0 cm³/mol. The number of nitrogens with one attached hydrogen (secondary N) is 1. The highest BCUT2D eigenvalue weighted by molar-refractivity contribution is 6.30. The van der Waals surface area contributed by atoms with Gasteiger partial charge in [0.1, 0.15) is 5.75 Å². The second kappa shape index (κ2) is 7.20. The van der Waals surface area contributed by atoms with Gasteiger partial charge in [-0.05, 0) is 61.7 Å². The van der Waals surface area contributed by atoms with Gasteiger partial charge in [-0.1, -0.05) is 23.7 Å². The summed E-state index contributed by atoms with van der Waals surface area (Å²) >= 11 is 5.83. The van der Waals surface area contributed by atoms with Crippen molar-refractivity contribution in [1.82, 2.24) is 0 Å². The van der Waals surface area contributed by atoms with Crippen LogP contribution in [0.5, 0.6) is 5.75 Å². The zero-order valence-electron chi connectivity index (χ0n) is 11.9. The van der Waals surface area contributed by atoms with E-state index in [1.165, 1.54) is 16.8 Å². The van der Waals surface area contributed by atoms with Crippen molar-refractivity contribution in [2.75, 3.05) is 18.5 Å². The zero-order valence-corrected chi connectivity index (χ0v) is 12.7. The molecule has 0 atom stereocenters. The van der Waals surface area contributed by atoms with Crippen LogP contribution in [0.4, 0.5) is 5.69 Å². The molecule has 0 unspecified atom stereocenters. The highest BCUT2D eigenvalue weighted by Gasteiger charge is 1.99. The molecular weight excluding hydrogens is 270 g/mol. The lowest BCUT2D eigenvalue weighted by Gasteiger charge is -2.11. The molecule has 3 heteroatoms. The fraction of sp³-hybridized carbons (Fsp3) is 0.294. The Hall–Kier alpha value is -1.67. The van der Waals surface area contributed by atoms with E-state index < -0.39 is 0 Å². The summed E-state index contributed by atoms with van der Waals surface area (Å²) in [6, 6.07) is 13.8. The predicted octanol–water partition coefficient (Wildman–Crippen LogP) is 4.84. The number of hydrogen-bond acceptors (Lipinski definition) is 2. The van der Waals surface area contributed by atoms with Crippen LogP contribution >= 0.6 is 11.6 Å². The van der Waals surface area contributed by atoms with Crippen molar-refractivity contribution >= 4 is 17.3 Å². The maximum Gasteiger partial charge on any atom is 0.119 e. The van der Waals surface area contributed by atoms with E-state index in [9.17, 15) is 0 Å². The third-order valence-corrected chi connectivity index (χ3v) is 3.58. The molecule has 0 aromatic heterocycles. The van der Waals surface area contributed by atoms with Gasteiger partial charge in [-0.2, -0.15) is 0 Å². The number of hydrogen-bond donors (Lipinski definition) is 1. The van der Waals surface area contributed by atoms with E-state index in [1.54, 1.807) is 0 Å². The topological polar surface area (TPSA) is 21.3 Å². The Bertz CT molecular complexity index is 551. The molecule has 1 N–H and O–H groups in total. The van der Waals surface area contributed by atoms with Gasteiger partial charge in [0.2, 0.25) is 0 Å². The normalized spacial score (nSPS) is 10.3. The maximum atomic E-state index is 5.83. The van der Waals surface area contributed by atoms with Crippen molar-refractivity contribution in [2.24, 2.45) is 0 Å². The molecule has 0 aliphatic rings. The van der Waals surface area contributed by atoms with Crippen LogP contribution in [0, 0.1) is 13.8 Å². The van der Waals surface area contributed by atoms with Crippen LogP contribution in [-0.2, 0) is 0 Å². The standard InChI is InChI=1S/C17H20ClNO/c1-13-5-3-6-17(14(13)2)19-11-4-12-20-16-9-7-15(18)8-10-16/h3,5-10,19H,4,11-12H2,1-2H3. The lowest BCUT2D eigenvalue weighted by molar-refractivity contribution is 0.315. The second-order valence-electron chi connectivity index (χ2n) is 4.83. The van der Waals surface area contributed by atoms with Gasteiger partial charge in [-0.15, -0.1) is 0 Å². The van der Waals surface area contributed by atoms with Gasteiger partial charge in [0.05, 0.1) is 6.61 Å². The molecule has 2 nitrogen and oxygen atoms in total. The van der Waals surface area contributed by atoms with Crippen molar-refractivity contribution in [3.8, 4) is 5.75 Å². The van der Waals surface area contributed by atoms with Gasteiger partial charge in [-0.25, -0.2) is 0 Å². The molecule has 0 saturated carbocycles. The van der Waals surface area contributed by atoms with Crippen LogP contribution in [0.2, 0.25) is 5.02 Å². The summed E-state index contributed by atoms with van der Waals surface area (Å²) in [7, 11) is 0. The van der Waals surface area contributed by atoms with Crippen LogP contribution in [0.25, 0.3) is 0 Å². The largest absolute Gasteiger partial charge is 0.494 e. The van der Waals surface area contributed by atoms with E-state index in [2.05, 4.69) is 37.4 Å². The molecular formula is C17H20ClNO. The lowest BCUT2D eigenvalue weighted by atomic mass is 10.1. The minimum Gasteiger partial charge on any atom is -0.494 e. The molecule has 0 amide bonds. The van der Waals surface area contributed by atoms with E-state index in [0.717, 1.165) is 23.7 Å². The summed E-state index contributed by atoms with van der Waals surface area (Å²) in [6.45, 7) is 5.86. The molecule has 0 spiro atoms. The molecule has 20 heavy (non-hydrogen) atoms. The van der Waals surface area contributed by atoms with Crippen LogP contribution in [-0.4, -0.2) is 13.2 Å². The summed E-state index contributed by atoms with van der Waals surface area (Å²) in [5, 5.41) is 4.18. The lowest BCUT2D eigenvalue weighted by Crippen LogP contribution is -2.08. The molecule has 0 heterocycles. The van der Waals surface area contributed by atoms with Crippen molar-refractivity contribution in [3.05, 3.63) is 58.6 Å². The first-order chi connectivity index (χ1) is 9.66. The summed E-state index contributed by atoms with van der Waals surface area (Å²) in [4.78, 5) is 0. The van der Waals surface area contributed by atoms with Crippen LogP contribution in [0.1, 0.15) is 17.5 Å². The number of rotatable bonds is 6. The highest BCUT2D eigenvalue weighted by Crippen LogP contribution is 2.18. The first-order valence-electron chi connectivity index (χ1n) is 6.85. The van der Waals surface area contributed by atoms with Gasteiger partial charge < -0.3 is 10.1 Å². The van der Waals surface area contributed by atoms with E-state index >= 15 is 0 Å². The summed E-state index contributed by atoms with van der Waals surface area (Å²) in [5.74, 6) is 0.862. The average Bonchev–Trinajstić information content (AvgIpc) is 2.45. The number of benzene rings is 2. The van der Waals surface area contributed by atoms with Crippen molar-refractivity contribution < 1.29 is 4.74 Å². The minimum absolute atomic E-state index is 0.694. The molecule has 2 rings (SSSR count). The summed E-state index contributed by atoms with van der Waals surface area (Å²) in [5.41, 5.74) is 3.83. The van der Waals surface area contributed by atoms with E-state index in [0.29, 0.717) is 6.61 Å². The third kappa shape index (κ3) is 4.17. The molecule has 2 aromatic rings. The third-order valence-electron chi connectivity index (χ3n) is 3.32. The van der Waals surface area contributed by atoms with Crippen molar-refractivity contribution in [1.29, 1.82) is 0 Å². The van der Waals surface area contributed by atoms with Crippen LogP contribution in [0.3, 0.4) is 0 Å². The first-order valence-corrected chi connectivity index (χ1v) is 7.23. The van der Waals surface area contributed by atoms with Gasteiger partial charge in [0, 0.05) is 17.3 Å². The monoisotopic (exact) mass is 289 g/mol. The van der Waals surface area contributed by atoms with Crippen molar-refractivity contribution in [3.63, 3.8) is 0 Å². The molecule has 0 aliphatic heterocycles. The summed E-state index contributed by atoms with van der Waals surface area (Å²) in [6.07, 6.45) is 0.954. The van der Waals surface area contributed by atoms with Gasteiger partial charge >= 0.3 is 0 Å². The minimum atomic E-state index is 0.694. The Morgan fingerprint density at radius 1 is 1.05 bits per heavy atom. The quantitative estimate of drug-likeness (QED) is 0.769. The maximum absolute atomic E-state index is 5.83. The zero-order chi connectivity index (χ0) is 14.4. The Kier molecular flexibility index (Phi) is 5.31. The smallest absolute Gasteiger partial charge is 0.119 e. The number of halogens is 1. The Morgan fingerprint density at radius 3 is 2.55 bits per heavy atom. The van der Waals surface area contributed by atoms with Crippen LogP contribution in [0.15, 0.2) is 42.5 Å². The average molecular weight is 290 g/mol. The number of anilines is 1. The van der Waals surface area contributed by atoms with Crippen molar-refractivity contribution in [2.45, 2.75) is 20.3 Å². The van der Waals surface area contributed by atoms with E-state index in [4.69, 9.17) is 16.3 Å². The summed E-state index contributed by atoms with van der Waals surface area (Å²) < 4.78 is 5.65. The molecule has 0 aliphatic carbocycles. The van der Waals surface area contributed by atoms with E-state index in [1.807, 2.05) is 24.3 Å². The van der Waals surface area contributed by atoms with Gasteiger partial charge in [-0.3, -0.25) is 0 Å². The SMILES string of the molecule is Cc1cccc(NCCCOc2ccc(Cl)cc2)c1C. The highest BCUT2D eigenvalue weighted by atomic mass is 35.5. The van der Waals surface area contributed by atoms with E-state index in [-0.39, 0.29) is 0 Å². The molecule has 0 bridgehead atoms. The van der Waals surface area contributed by atoms with Gasteiger partial charge in [0.15, 0.2) is 0 Å². The molecule has 106 valence electrons. The second-order valence-corrected chi connectivity index (χ2v) is 5.27. The fourth-order valence-electron chi connectivity index (χ4n) is 1.96. The van der Waals surface area contributed by atoms with Gasteiger partial charge in [0.25, 0.3) is 0 Å². The molecule has 0 saturated heterocycles. The first kappa shape index (κ1) is 14.7. The number of aryl methyl sites for hydroxylation is 1. The Morgan fingerprint density at radius 2 is 1.80 bits per heavy atom. The fourth-order valence-corrected chi connectivity index (χ4v) is 2.08. The molecule has 0 fully saturated rings. The number of ether oxygens (including phenoxy) is 1.